The molecule has 1 saturated heterocycles. The van der Waals surface area contributed by atoms with E-state index in [0.29, 0.717) is 18.2 Å². The van der Waals surface area contributed by atoms with Gasteiger partial charge in [0.15, 0.2) is 0 Å². The second kappa shape index (κ2) is 10.8. The van der Waals surface area contributed by atoms with Crippen LogP contribution in [-0.2, 0) is 6.54 Å². The van der Waals surface area contributed by atoms with E-state index in [1.807, 2.05) is 11.9 Å². The zero-order valence-corrected chi connectivity index (χ0v) is 15.5. The number of carbonyl (C=O) groups excluding carboxylic acids is 1. The molecule has 1 aliphatic rings. The van der Waals surface area contributed by atoms with E-state index in [9.17, 15) is 4.79 Å². The monoisotopic (exact) mass is 362 g/mol. The molecule has 1 aromatic heterocycles. The lowest BCUT2D eigenvalue weighted by Crippen LogP contribution is -2.45. The lowest BCUT2D eigenvalue weighted by Gasteiger charge is -2.36. The van der Waals surface area contributed by atoms with Crippen molar-refractivity contribution in [3.63, 3.8) is 0 Å². The number of likely N-dealkylation sites (tertiary alicyclic amines) is 1. The second-order valence-corrected chi connectivity index (χ2v) is 5.73. The van der Waals surface area contributed by atoms with Crippen molar-refractivity contribution in [2.24, 2.45) is 5.73 Å². The maximum absolute atomic E-state index is 12.6. The normalized spacial score (nSPS) is 15.4. The van der Waals surface area contributed by atoms with Gasteiger partial charge in [0.05, 0.1) is 5.69 Å². The van der Waals surface area contributed by atoms with E-state index in [2.05, 4.69) is 16.8 Å². The third-order valence-electron chi connectivity index (χ3n) is 4.24. The Bertz CT molecular complexity index is 479. The Kier molecular flexibility index (Phi) is 10.4. The summed E-state index contributed by atoms with van der Waals surface area (Å²) in [4.78, 5) is 21.1. The lowest BCUT2D eigenvalue weighted by atomic mass is 10.0. The van der Waals surface area contributed by atoms with Crippen LogP contribution in [0, 0.1) is 0 Å². The fraction of sp³-hybridized carbons (Fsp3) is 0.625. The molecule has 0 saturated carbocycles. The molecule has 0 spiro atoms. The van der Waals surface area contributed by atoms with Crippen LogP contribution in [0.2, 0.25) is 0 Å². The zero-order chi connectivity index (χ0) is 15.2. The number of nitrogens with two attached hydrogens (primary N) is 1. The molecular formula is C16H28Cl2N4O. The van der Waals surface area contributed by atoms with Crippen LogP contribution in [0.15, 0.2) is 18.3 Å². The smallest absolute Gasteiger partial charge is 0.253 e. The maximum atomic E-state index is 12.6. The van der Waals surface area contributed by atoms with Crippen molar-refractivity contribution >= 4 is 30.7 Å². The Balaban J connectivity index is 0.00000242. The lowest BCUT2D eigenvalue weighted by molar-refractivity contribution is 0.0642. The highest BCUT2D eigenvalue weighted by atomic mass is 35.5. The van der Waals surface area contributed by atoms with Gasteiger partial charge in [-0.3, -0.25) is 9.78 Å². The fourth-order valence-corrected chi connectivity index (χ4v) is 2.94. The molecule has 2 rings (SSSR count). The highest BCUT2D eigenvalue weighted by Gasteiger charge is 2.25. The van der Waals surface area contributed by atoms with Crippen molar-refractivity contribution in [2.75, 3.05) is 26.7 Å². The number of hydrogen-bond acceptors (Lipinski definition) is 4. The molecule has 1 aliphatic heterocycles. The van der Waals surface area contributed by atoms with Gasteiger partial charge in [-0.1, -0.05) is 6.92 Å². The zero-order valence-electron chi connectivity index (χ0n) is 13.9. The summed E-state index contributed by atoms with van der Waals surface area (Å²) in [5.74, 6) is 0.0704. The molecule has 1 fully saturated rings. The van der Waals surface area contributed by atoms with Crippen molar-refractivity contribution in [3.05, 3.63) is 29.6 Å². The molecule has 2 N–H and O–H groups in total. The molecule has 0 aliphatic carbocycles. The summed E-state index contributed by atoms with van der Waals surface area (Å²) in [6.45, 7) is 5.90. The molecule has 0 unspecified atom stereocenters. The first kappa shape index (κ1) is 22.1. The van der Waals surface area contributed by atoms with Crippen molar-refractivity contribution in [2.45, 2.75) is 38.8 Å². The van der Waals surface area contributed by atoms with Crippen LogP contribution in [0.5, 0.6) is 0 Å². The van der Waals surface area contributed by atoms with Crippen molar-refractivity contribution < 1.29 is 4.79 Å². The van der Waals surface area contributed by atoms with Gasteiger partial charge in [0, 0.05) is 44.5 Å². The first-order chi connectivity index (χ1) is 10.2. The first-order valence-corrected chi connectivity index (χ1v) is 7.80. The number of piperidine rings is 1. The molecule has 132 valence electrons. The standard InChI is InChI=1S/C16H26N4O.2ClH/c1-3-8-20-9-5-15(6-10-20)19(2)16(21)13-4-7-18-14(11-13)12-17;;/h4,7,11,15H,3,5-6,8-10,12,17H2,1-2H3;2*1H. The predicted molar refractivity (Wildman–Crippen MR) is 98.5 cm³/mol. The molecular weight excluding hydrogens is 335 g/mol. The average molecular weight is 363 g/mol. The summed E-state index contributed by atoms with van der Waals surface area (Å²) < 4.78 is 0. The summed E-state index contributed by atoms with van der Waals surface area (Å²) in [6, 6.07) is 3.90. The van der Waals surface area contributed by atoms with Gasteiger partial charge in [0.25, 0.3) is 5.91 Å². The Hall–Kier alpha value is -0.880. The van der Waals surface area contributed by atoms with Gasteiger partial charge in [-0.25, -0.2) is 0 Å². The molecule has 7 heteroatoms. The highest BCUT2D eigenvalue weighted by molar-refractivity contribution is 5.94. The van der Waals surface area contributed by atoms with E-state index in [1.54, 1.807) is 18.3 Å². The van der Waals surface area contributed by atoms with Crippen molar-refractivity contribution in [1.82, 2.24) is 14.8 Å². The summed E-state index contributed by atoms with van der Waals surface area (Å²) in [5.41, 5.74) is 7.03. The Morgan fingerprint density at radius 3 is 2.61 bits per heavy atom. The Morgan fingerprint density at radius 2 is 2.04 bits per heavy atom. The summed E-state index contributed by atoms with van der Waals surface area (Å²) >= 11 is 0. The summed E-state index contributed by atoms with van der Waals surface area (Å²) in [7, 11) is 1.91. The minimum atomic E-state index is 0. The van der Waals surface area contributed by atoms with Crippen molar-refractivity contribution in [1.29, 1.82) is 0 Å². The molecule has 23 heavy (non-hydrogen) atoms. The van der Waals surface area contributed by atoms with Crippen LogP contribution in [0.3, 0.4) is 0 Å². The molecule has 0 atom stereocenters. The first-order valence-electron chi connectivity index (χ1n) is 7.80. The number of nitrogens with zero attached hydrogens (tertiary/aromatic N) is 3. The number of rotatable bonds is 5. The van der Waals surface area contributed by atoms with Gasteiger partial charge in [-0.2, -0.15) is 0 Å². The largest absolute Gasteiger partial charge is 0.339 e. The topological polar surface area (TPSA) is 62.5 Å². The van der Waals surface area contributed by atoms with E-state index in [1.165, 1.54) is 6.42 Å². The molecule has 0 radical (unpaired) electrons. The highest BCUT2D eigenvalue weighted by Crippen LogP contribution is 2.18. The maximum Gasteiger partial charge on any atom is 0.253 e. The number of pyridine rings is 1. The van der Waals surface area contributed by atoms with Crippen LogP contribution in [0.25, 0.3) is 0 Å². The van der Waals surface area contributed by atoms with Crippen LogP contribution in [-0.4, -0.2) is 53.4 Å². The van der Waals surface area contributed by atoms with Gasteiger partial charge in [-0.05, 0) is 37.9 Å². The van der Waals surface area contributed by atoms with Crippen LogP contribution >= 0.6 is 24.8 Å². The predicted octanol–water partition coefficient (Wildman–Crippen LogP) is 2.33. The van der Waals surface area contributed by atoms with E-state index in [-0.39, 0.29) is 30.7 Å². The van der Waals surface area contributed by atoms with Gasteiger partial charge in [0.2, 0.25) is 0 Å². The fourth-order valence-electron chi connectivity index (χ4n) is 2.94. The number of halogens is 2. The van der Waals surface area contributed by atoms with Gasteiger partial charge in [-0.15, -0.1) is 24.8 Å². The van der Waals surface area contributed by atoms with Gasteiger partial charge >= 0.3 is 0 Å². The third kappa shape index (κ3) is 5.92. The van der Waals surface area contributed by atoms with E-state index < -0.39 is 0 Å². The Labute approximate surface area is 151 Å². The Morgan fingerprint density at radius 1 is 1.39 bits per heavy atom. The molecule has 0 bridgehead atoms. The van der Waals surface area contributed by atoms with E-state index >= 15 is 0 Å². The van der Waals surface area contributed by atoms with Gasteiger partial charge < -0.3 is 15.5 Å². The second-order valence-electron chi connectivity index (χ2n) is 5.73. The number of amides is 1. The van der Waals surface area contributed by atoms with E-state index in [4.69, 9.17) is 5.73 Å². The number of hydrogen-bond donors (Lipinski definition) is 1. The SMILES string of the molecule is CCCN1CCC(N(C)C(=O)c2ccnc(CN)c2)CC1.Cl.Cl. The summed E-state index contributed by atoms with van der Waals surface area (Å²) in [5, 5.41) is 0. The number of carbonyl (C=O) groups is 1. The average Bonchev–Trinajstić information content (AvgIpc) is 2.54. The van der Waals surface area contributed by atoms with Crippen LogP contribution in [0.1, 0.15) is 42.2 Å². The molecule has 0 aromatic carbocycles. The third-order valence-corrected chi connectivity index (χ3v) is 4.24. The van der Waals surface area contributed by atoms with Crippen molar-refractivity contribution in [3.8, 4) is 0 Å². The molecule has 1 aromatic rings. The molecule has 5 nitrogen and oxygen atoms in total. The number of aromatic nitrogens is 1. The van der Waals surface area contributed by atoms with Gasteiger partial charge in [0.1, 0.15) is 0 Å². The quantitative estimate of drug-likeness (QED) is 0.872. The van der Waals surface area contributed by atoms with Crippen LogP contribution < -0.4 is 5.73 Å². The summed E-state index contributed by atoms with van der Waals surface area (Å²) in [6.07, 6.45) is 4.96. The molecule has 1 amide bonds. The van der Waals surface area contributed by atoms with Crippen LogP contribution in [0.4, 0.5) is 0 Å². The minimum absolute atomic E-state index is 0. The minimum Gasteiger partial charge on any atom is -0.339 e. The molecule has 2 heterocycles. The van der Waals surface area contributed by atoms with E-state index in [0.717, 1.165) is 38.2 Å².